The molecular weight excluding hydrogens is 192 g/mol. The Morgan fingerprint density at radius 1 is 1.47 bits per heavy atom. The Morgan fingerprint density at radius 2 is 2.07 bits per heavy atom. The van der Waals surface area contributed by atoms with Gasteiger partial charge in [-0.25, -0.2) is 0 Å². The normalized spacial score (nSPS) is 13.1. The highest BCUT2D eigenvalue weighted by molar-refractivity contribution is 5.22. The molecule has 0 saturated carbocycles. The lowest BCUT2D eigenvalue weighted by atomic mass is 10.1. The molecule has 84 valence electrons. The van der Waals surface area contributed by atoms with E-state index in [4.69, 9.17) is 9.84 Å². The van der Waals surface area contributed by atoms with Crippen LogP contribution < -0.4 is 0 Å². The smallest absolute Gasteiger partial charge is 0.197 e. The summed E-state index contributed by atoms with van der Waals surface area (Å²) in [5.41, 5.74) is 0.705. The highest BCUT2D eigenvalue weighted by Gasteiger charge is 2.04. The van der Waals surface area contributed by atoms with Crippen LogP contribution in [-0.4, -0.2) is 16.5 Å². The van der Waals surface area contributed by atoms with Gasteiger partial charge in [-0.2, -0.15) is 0 Å². The highest BCUT2D eigenvalue weighted by atomic mass is 16.6. The zero-order chi connectivity index (χ0) is 11.8. The van der Waals surface area contributed by atoms with Gasteiger partial charge in [-0.15, -0.1) is 0 Å². The van der Waals surface area contributed by atoms with E-state index in [2.05, 4.69) is 19.7 Å². The maximum atomic E-state index is 9.33. The maximum absolute atomic E-state index is 9.33. The van der Waals surface area contributed by atoms with Gasteiger partial charge in [-0.05, 0) is 25.5 Å². The van der Waals surface area contributed by atoms with Crippen molar-refractivity contribution < 1.29 is 14.9 Å². The Kier molecular flexibility index (Phi) is 6.22. The van der Waals surface area contributed by atoms with Crippen LogP contribution in [0.2, 0.25) is 0 Å². The first kappa shape index (κ1) is 13.5. The fourth-order valence-electron chi connectivity index (χ4n) is 0.940. The molecule has 0 bridgehead atoms. The van der Waals surface area contributed by atoms with Crippen LogP contribution >= 0.6 is 0 Å². The standard InChI is InChI=1S/C12H18O3/c1-5-11(13)8-10(4)6-7-12(14)15-9(2)3/h5,8,12-14H,1-2,4,6-7H2,3H3/b11-8+. The van der Waals surface area contributed by atoms with Gasteiger partial charge in [-0.1, -0.05) is 25.3 Å². The third kappa shape index (κ3) is 7.58. The third-order valence-corrected chi connectivity index (χ3v) is 1.61. The second-order valence-electron chi connectivity index (χ2n) is 3.24. The molecule has 0 aromatic carbocycles. The zero-order valence-corrected chi connectivity index (χ0v) is 9.07. The van der Waals surface area contributed by atoms with Gasteiger partial charge < -0.3 is 14.9 Å². The van der Waals surface area contributed by atoms with E-state index < -0.39 is 6.29 Å². The average Bonchev–Trinajstić information content (AvgIpc) is 2.13. The van der Waals surface area contributed by atoms with Crippen LogP contribution in [0.3, 0.4) is 0 Å². The molecule has 2 N–H and O–H groups in total. The van der Waals surface area contributed by atoms with Crippen LogP contribution in [-0.2, 0) is 4.74 Å². The summed E-state index contributed by atoms with van der Waals surface area (Å²) in [6.45, 7) is 12.3. The Labute approximate surface area is 90.7 Å². The Hall–Kier alpha value is -1.48. The van der Waals surface area contributed by atoms with Crippen LogP contribution in [0.4, 0.5) is 0 Å². The van der Waals surface area contributed by atoms with Gasteiger partial charge in [0.25, 0.3) is 0 Å². The number of hydrogen-bond acceptors (Lipinski definition) is 3. The second-order valence-corrected chi connectivity index (χ2v) is 3.24. The molecule has 0 amide bonds. The molecule has 0 saturated heterocycles. The van der Waals surface area contributed by atoms with E-state index in [0.29, 0.717) is 24.2 Å². The van der Waals surface area contributed by atoms with Gasteiger partial charge in [0.15, 0.2) is 6.29 Å². The Bertz CT molecular complexity index is 277. The van der Waals surface area contributed by atoms with Crippen LogP contribution in [0.1, 0.15) is 19.8 Å². The van der Waals surface area contributed by atoms with Crippen LogP contribution in [0.5, 0.6) is 0 Å². The molecule has 0 aliphatic carbocycles. The first-order chi connectivity index (χ1) is 6.95. The molecule has 0 radical (unpaired) electrons. The summed E-state index contributed by atoms with van der Waals surface area (Å²) in [6.07, 6.45) is 2.89. The van der Waals surface area contributed by atoms with Gasteiger partial charge in [0.1, 0.15) is 5.76 Å². The number of aliphatic hydroxyl groups excluding tert-OH is 2. The van der Waals surface area contributed by atoms with E-state index in [0.717, 1.165) is 0 Å². The van der Waals surface area contributed by atoms with Crippen molar-refractivity contribution in [2.75, 3.05) is 0 Å². The molecule has 1 atom stereocenters. The molecule has 0 aromatic rings. The fraction of sp³-hybridized carbons (Fsp3) is 0.333. The molecule has 1 unspecified atom stereocenters. The van der Waals surface area contributed by atoms with Gasteiger partial charge >= 0.3 is 0 Å². The summed E-state index contributed by atoms with van der Waals surface area (Å²) in [7, 11) is 0. The van der Waals surface area contributed by atoms with E-state index in [1.807, 2.05) is 0 Å². The quantitative estimate of drug-likeness (QED) is 0.386. The minimum atomic E-state index is -0.876. The van der Waals surface area contributed by atoms with Crippen molar-refractivity contribution >= 4 is 0 Å². The Balaban J connectivity index is 3.90. The van der Waals surface area contributed by atoms with Gasteiger partial charge in [0, 0.05) is 6.42 Å². The minimum absolute atomic E-state index is 0.0651. The van der Waals surface area contributed by atoms with Gasteiger partial charge in [-0.3, -0.25) is 0 Å². The molecule has 3 heteroatoms. The maximum Gasteiger partial charge on any atom is 0.197 e. The lowest BCUT2D eigenvalue weighted by Gasteiger charge is -2.12. The lowest BCUT2D eigenvalue weighted by Crippen LogP contribution is -2.10. The van der Waals surface area contributed by atoms with Crippen molar-refractivity contribution in [3.8, 4) is 0 Å². The van der Waals surface area contributed by atoms with Gasteiger partial charge in [0.2, 0.25) is 0 Å². The predicted octanol–water partition coefficient (Wildman–Crippen LogP) is 2.82. The Morgan fingerprint density at radius 3 is 2.53 bits per heavy atom. The SMILES string of the molecule is C=C/C(O)=C\C(=C)CCC(O)OC(=C)C. The number of allylic oxidation sites excluding steroid dienone is 4. The fourth-order valence-corrected chi connectivity index (χ4v) is 0.940. The summed E-state index contributed by atoms with van der Waals surface area (Å²) in [4.78, 5) is 0. The molecule has 3 nitrogen and oxygen atoms in total. The zero-order valence-electron chi connectivity index (χ0n) is 9.07. The first-order valence-corrected chi connectivity index (χ1v) is 4.66. The van der Waals surface area contributed by atoms with Crippen LogP contribution in [0.15, 0.2) is 49.0 Å². The van der Waals surface area contributed by atoms with Crippen molar-refractivity contribution in [3.63, 3.8) is 0 Å². The van der Waals surface area contributed by atoms with Crippen molar-refractivity contribution in [2.24, 2.45) is 0 Å². The number of aliphatic hydroxyl groups is 2. The average molecular weight is 210 g/mol. The van der Waals surface area contributed by atoms with Crippen LogP contribution in [0, 0.1) is 0 Å². The predicted molar refractivity (Wildman–Crippen MR) is 61.2 cm³/mol. The highest BCUT2D eigenvalue weighted by Crippen LogP contribution is 2.11. The topological polar surface area (TPSA) is 49.7 Å². The van der Waals surface area contributed by atoms with Crippen molar-refractivity contribution in [3.05, 3.63) is 49.0 Å². The summed E-state index contributed by atoms with van der Waals surface area (Å²) in [5, 5.41) is 18.4. The van der Waals surface area contributed by atoms with E-state index in [1.54, 1.807) is 6.92 Å². The third-order valence-electron chi connectivity index (χ3n) is 1.61. The number of hydrogen-bond donors (Lipinski definition) is 2. The first-order valence-electron chi connectivity index (χ1n) is 4.66. The molecule has 0 heterocycles. The van der Waals surface area contributed by atoms with Crippen molar-refractivity contribution in [1.82, 2.24) is 0 Å². The number of rotatable bonds is 7. The van der Waals surface area contributed by atoms with Crippen LogP contribution in [0.25, 0.3) is 0 Å². The molecule has 0 fully saturated rings. The van der Waals surface area contributed by atoms with E-state index in [9.17, 15) is 5.11 Å². The molecule has 0 aliphatic rings. The molecule has 0 rings (SSSR count). The monoisotopic (exact) mass is 210 g/mol. The molecular formula is C12H18O3. The summed E-state index contributed by atoms with van der Waals surface area (Å²) in [6, 6.07) is 0. The lowest BCUT2D eigenvalue weighted by molar-refractivity contribution is -0.0678. The molecule has 0 spiro atoms. The molecule has 15 heavy (non-hydrogen) atoms. The second kappa shape index (κ2) is 6.90. The van der Waals surface area contributed by atoms with Crippen molar-refractivity contribution in [2.45, 2.75) is 26.1 Å². The summed E-state index contributed by atoms with van der Waals surface area (Å²) < 4.78 is 4.95. The summed E-state index contributed by atoms with van der Waals surface area (Å²) >= 11 is 0. The largest absolute Gasteiger partial charge is 0.508 e. The number of ether oxygens (including phenoxy) is 1. The van der Waals surface area contributed by atoms with Gasteiger partial charge in [0.05, 0.1) is 5.76 Å². The van der Waals surface area contributed by atoms with E-state index in [-0.39, 0.29) is 5.76 Å². The van der Waals surface area contributed by atoms with E-state index >= 15 is 0 Å². The summed E-state index contributed by atoms with van der Waals surface area (Å²) in [5.74, 6) is 0.535. The molecule has 0 aliphatic heterocycles. The van der Waals surface area contributed by atoms with Crippen molar-refractivity contribution in [1.29, 1.82) is 0 Å². The van der Waals surface area contributed by atoms with E-state index in [1.165, 1.54) is 12.2 Å². The minimum Gasteiger partial charge on any atom is -0.508 e. The molecule has 0 aromatic heterocycles.